The molecule has 4 heterocycles. The molecule has 0 radical (unpaired) electrons. The summed E-state index contributed by atoms with van der Waals surface area (Å²) < 4.78 is 0. The van der Waals surface area contributed by atoms with E-state index in [1.165, 1.54) is 18.4 Å². The highest BCUT2D eigenvalue weighted by Crippen LogP contribution is 2.39. The van der Waals surface area contributed by atoms with Gasteiger partial charge in [0.2, 0.25) is 5.91 Å². The predicted octanol–water partition coefficient (Wildman–Crippen LogP) is 2.92. The first kappa shape index (κ1) is 18.1. The Kier molecular flexibility index (Phi) is 5.48. The minimum atomic E-state index is 0.253. The highest BCUT2D eigenvalue weighted by atomic mass is 16.2. The fourth-order valence-corrected chi connectivity index (χ4v) is 4.63. The largest absolute Gasteiger partial charge is 0.342 e. The number of aromatic nitrogens is 2. The molecule has 1 unspecified atom stereocenters. The Labute approximate surface area is 161 Å². The molecular weight excluding hydrogens is 336 g/mol. The summed E-state index contributed by atoms with van der Waals surface area (Å²) in [5.74, 6) is 0.308. The molecule has 0 bridgehead atoms. The van der Waals surface area contributed by atoms with Gasteiger partial charge in [-0.05, 0) is 55.6 Å². The van der Waals surface area contributed by atoms with Crippen LogP contribution in [-0.2, 0) is 17.8 Å². The van der Waals surface area contributed by atoms with Gasteiger partial charge in [0.15, 0.2) is 0 Å². The molecule has 2 aliphatic heterocycles. The second-order valence-corrected chi connectivity index (χ2v) is 8.06. The van der Waals surface area contributed by atoms with Gasteiger partial charge in [0, 0.05) is 68.7 Å². The van der Waals surface area contributed by atoms with Crippen LogP contribution in [0.1, 0.15) is 36.9 Å². The monoisotopic (exact) mass is 364 g/mol. The molecule has 5 nitrogen and oxygen atoms in total. The van der Waals surface area contributed by atoms with Crippen LogP contribution < -0.4 is 0 Å². The molecule has 2 aliphatic rings. The van der Waals surface area contributed by atoms with Crippen LogP contribution in [0, 0.1) is 5.41 Å². The van der Waals surface area contributed by atoms with Gasteiger partial charge in [0.05, 0.1) is 0 Å². The fraction of sp³-hybridized carbons (Fsp3) is 0.500. The summed E-state index contributed by atoms with van der Waals surface area (Å²) >= 11 is 0. The molecular formula is C22H28N4O. The van der Waals surface area contributed by atoms with Crippen molar-refractivity contribution in [1.82, 2.24) is 19.8 Å². The Morgan fingerprint density at radius 1 is 1.04 bits per heavy atom. The summed E-state index contributed by atoms with van der Waals surface area (Å²) in [6, 6.07) is 10.2. The quantitative estimate of drug-likeness (QED) is 0.819. The van der Waals surface area contributed by atoms with Crippen molar-refractivity contribution in [3.8, 4) is 0 Å². The van der Waals surface area contributed by atoms with Crippen molar-refractivity contribution in [1.29, 1.82) is 0 Å². The number of carbonyl (C=O) groups is 1. The highest BCUT2D eigenvalue weighted by Gasteiger charge is 2.41. The van der Waals surface area contributed by atoms with E-state index in [1.807, 2.05) is 36.8 Å². The van der Waals surface area contributed by atoms with Crippen LogP contribution in [0.25, 0.3) is 0 Å². The lowest BCUT2D eigenvalue weighted by molar-refractivity contribution is -0.139. The van der Waals surface area contributed by atoms with E-state index in [0.29, 0.717) is 12.3 Å². The second kappa shape index (κ2) is 8.17. The van der Waals surface area contributed by atoms with E-state index in [1.54, 1.807) is 0 Å². The van der Waals surface area contributed by atoms with Gasteiger partial charge in [-0.2, -0.15) is 0 Å². The van der Waals surface area contributed by atoms with Crippen molar-refractivity contribution in [3.05, 3.63) is 60.2 Å². The van der Waals surface area contributed by atoms with E-state index < -0.39 is 0 Å². The number of nitrogens with zero attached hydrogens (tertiary/aromatic N) is 4. The Morgan fingerprint density at radius 2 is 1.93 bits per heavy atom. The molecule has 0 saturated carbocycles. The molecule has 27 heavy (non-hydrogen) atoms. The van der Waals surface area contributed by atoms with Crippen LogP contribution in [0.4, 0.5) is 0 Å². The molecule has 0 aliphatic carbocycles. The van der Waals surface area contributed by atoms with Crippen molar-refractivity contribution < 1.29 is 4.79 Å². The zero-order chi connectivity index (χ0) is 18.5. The maximum absolute atomic E-state index is 12.5. The van der Waals surface area contributed by atoms with E-state index >= 15 is 0 Å². The minimum absolute atomic E-state index is 0.253. The third-order valence-electron chi connectivity index (χ3n) is 6.01. The van der Waals surface area contributed by atoms with Crippen LogP contribution in [0.5, 0.6) is 0 Å². The van der Waals surface area contributed by atoms with Crippen LogP contribution >= 0.6 is 0 Å². The fourth-order valence-electron chi connectivity index (χ4n) is 4.63. The maximum Gasteiger partial charge on any atom is 0.222 e. The van der Waals surface area contributed by atoms with Crippen molar-refractivity contribution in [2.24, 2.45) is 5.41 Å². The number of amides is 1. The number of likely N-dealkylation sites (tertiary alicyclic amines) is 2. The Bertz CT molecular complexity index is 751. The van der Waals surface area contributed by atoms with Crippen LogP contribution in [-0.4, -0.2) is 51.9 Å². The number of piperidine rings is 2. The van der Waals surface area contributed by atoms with Crippen LogP contribution in [0.15, 0.2) is 48.9 Å². The Balaban J connectivity index is 1.38. The zero-order valence-electron chi connectivity index (χ0n) is 15.9. The number of rotatable bonds is 5. The lowest BCUT2D eigenvalue weighted by atomic mass is 9.73. The molecule has 5 heteroatoms. The van der Waals surface area contributed by atoms with E-state index in [9.17, 15) is 4.79 Å². The smallest absolute Gasteiger partial charge is 0.222 e. The van der Waals surface area contributed by atoms with Crippen molar-refractivity contribution >= 4 is 5.91 Å². The van der Waals surface area contributed by atoms with Crippen molar-refractivity contribution in [3.63, 3.8) is 0 Å². The molecule has 4 rings (SSSR count). The predicted molar refractivity (Wildman–Crippen MR) is 105 cm³/mol. The topological polar surface area (TPSA) is 49.3 Å². The van der Waals surface area contributed by atoms with Gasteiger partial charge < -0.3 is 4.90 Å². The average molecular weight is 364 g/mol. The molecule has 2 aromatic heterocycles. The first-order chi connectivity index (χ1) is 13.2. The summed E-state index contributed by atoms with van der Waals surface area (Å²) in [5.41, 5.74) is 2.64. The highest BCUT2D eigenvalue weighted by molar-refractivity contribution is 5.77. The van der Waals surface area contributed by atoms with E-state index in [4.69, 9.17) is 0 Å². The van der Waals surface area contributed by atoms with Crippen molar-refractivity contribution in [2.75, 3.05) is 26.2 Å². The molecule has 142 valence electrons. The number of hydrogen-bond acceptors (Lipinski definition) is 4. The SMILES string of the molecule is O=C1CCC2(CCCN(Cc3ccncc3)C2)CN1CCc1ccccn1. The molecule has 0 N–H and O–H groups in total. The van der Waals surface area contributed by atoms with Gasteiger partial charge in [-0.15, -0.1) is 0 Å². The summed E-state index contributed by atoms with van der Waals surface area (Å²) in [7, 11) is 0. The molecule has 1 amide bonds. The van der Waals surface area contributed by atoms with Crippen LogP contribution in [0.3, 0.4) is 0 Å². The zero-order valence-corrected chi connectivity index (χ0v) is 15.9. The molecule has 1 atom stereocenters. The average Bonchev–Trinajstić information content (AvgIpc) is 2.71. The third kappa shape index (κ3) is 4.53. The number of carbonyl (C=O) groups excluding carboxylic acids is 1. The van der Waals surface area contributed by atoms with Crippen molar-refractivity contribution in [2.45, 2.75) is 38.6 Å². The van der Waals surface area contributed by atoms with E-state index in [-0.39, 0.29) is 5.41 Å². The summed E-state index contributed by atoms with van der Waals surface area (Å²) in [5, 5.41) is 0. The first-order valence-corrected chi connectivity index (χ1v) is 10.0. The Morgan fingerprint density at radius 3 is 2.74 bits per heavy atom. The number of hydrogen-bond donors (Lipinski definition) is 0. The van der Waals surface area contributed by atoms with E-state index in [2.05, 4.69) is 31.9 Å². The standard InChI is InChI=1S/C22H28N4O/c27-21-5-10-22(18-26(21)15-8-20-4-1-2-11-24-20)9-3-14-25(17-22)16-19-6-12-23-13-7-19/h1-2,4,6-7,11-13H,3,5,8-10,14-18H2. The van der Waals surface area contributed by atoms with Gasteiger partial charge in [0.25, 0.3) is 0 Å². The normalized spacial score (nSPS) is 23.7. The number of pyridine rings is 2. The molecule has 0 aromatic carbocycles. The van der Waals surface area contributed by atoms with Gasteiger partial charge in [-0.25, -0.2) is 0 Å². The first-order valence-electron chi connectivity index (χ1n) is 10.0. The van der Waals surface area contributed by atoms with Gasteiger partial charge >= 0.3 is 0 Å². The summed E-state index contributed by atoms with van der Waals surface area (Å²) in [4.78, 5) is 25.7. The maximum atomic E-state index is 12.5. The lowest BCUT2D eigenvalue weighted by Crippen LogP contribution is -2.54. The lowest BCUT2D eigenvalue weighted by Gasteiger charge is -2.48. The summed E-state index contributed by atoms with van der Waals surface area (Å²) in [6.45, 7) is 4.88. The molecule has 2 aromatic rings. The molecule has 2 fully saturated rings. The van der Waals surface area contributed by atoms with Gasteiger partial charge in [-0.3, -0.25) is 19.7 Å². The minimum Gasteiger partial charge on any atom is -0.342 e. The molecule has 1 spiro atoms. The van der Waals surface area contributed by atoms with Gasteiger partial charge in [-0.1, -0.05) is 6.07 Å². The summed E-state index contributed by atoms with van der Waals surface area (Å²) in [6.07, 6.45) is 10.6. The van der Waals surface area contributed by atoms with Gasteiger partial charge in [0.1, 0.15) is 0 Å². The van der Waals surface area contributed by atoms with E-state index in [0.717, 1.165) is 51.3 Å². The van der Waals surface area contributed by atoms with Crippen LogP contribution in [0.2, 0.25) is 0 Å². The molecule has 2 saturated heterocycles. The second-order valence-electron chi connectivity index (χ2n) is 8.06. The third-order valence-corrected chi connectivity index (χ3v) is 6.01. The Hall–Kier alpha value is -2.27.